The van der Waals surface area contributed by atoms with Crippen LogP contribution in [0.1, 0.15) is 0 Å². The van der Waals surface area contributed by atoms with Crippen LogP contribution in [0.25, 0.3) is 0 Å². The molecule has 16 heavy (non-hydrogen) atoms. The van der Waals surface area contributed by atoms with E-state index in [1.807, 2.05) is 0 Å². The first kappa shape index (κ1) is 10.9. The van der Waals surface area contributed by atoms with Crippen molar-refractivity contribution in [1.29, 1.82) is 0 Å². The van der Waals surface area contributed by atoms with Crippen LogP contribution in [-0.2, 0) is 0 Å². The average molecular weight is 241 g/mol. The minimum atomic E-state index is -1.03. The molecule has 2 aromatic carbocycles. The van der Waals surface area contributed by atoms with E-state index >= 15 is 0 Å². The molecule has 0 N–H and O–H groups in total. The van der Waals surface area contributed by atoms with Crippen LogP contribution in [0.3, 0.4) is 0 Å². The van der Waals surface area contributed by atoms with Crippen molar-refractivity contribution >= 4 is 11.6 Å². The maximum Gasteiger partial charge on any atom is 0.201 e. The first-order chi connectivity index (χ1) is 7.68. The second-order valence-corrected chi connectivity index (χ2v) is 3.49. The highest BCUT2D eigenvalue weighted by Gasteiger charge is 2.10. The molecule has 0 radical (unpaired) electrons. The third kappa shape index (κ3) is 2.14. The fraction of sp³-hybridized carbons (Fsp3) is 0. The van der Waals surface area contributed by atoms with E-state index in [9.17, 15) is 8.78 Å². The number of halogens is 3. The molecule has 0 atom stereocenters. The Bertz CT molecular complexity index is 514. The van der Waals surface area contributed by atoms with E-state index in [2.05, 4.69) is 0 Å². The van der Waals surface area contributed by atoms with Crippen LogP contribution in [-0.4, -0.2) is 0 Å². The summed E-state index contributed by atoms with van der Waals surface area (Å²) in [6.07, 6.45) is 0. The molecule has 2 rings (SSSR count). The van der Waals surface area contributed by atoms with E-state index in [1.165, 1.54) is 12.1 Å². The average Bonchev–Trinajstić information content (AvgIpc) is 2.28. The topological polar surface area (TPSA) is 9.23 Å². The highest BCUT2D eigenvalue weighted by molar-refractivity contribution is 6.32. The normalized spacial score (nSPS) is 10.2. The predicted octanol–water partition coefficient (Wildman–Crippen LogP) is 4.41. The van der Waals surface area contributed by atoms with Gasteiger partial charge < -0.3 is 4.74 Å². The Morgan fingerprint density at radius 1 is 0.875 bits per heavy atom. The third-order valence-electron chi connectivity index (χ3n) is 1.97. The van der Waals surface area contributed by atoms with Gasteiger partial charge in [0.25, 0.3) is 0 Å². The highest BCUT2D eigenvalue weighted by Crippen LogP contribution is 2.30. The van der Waals surface area contributed by atoms with Crippen molar-refractivity contribution in [2.24, 2.45) is 0 Å². The SMILES string of the molecule is Fc1cccc(Oc2ccccc2Cl)c1F. The van der Waals surface area contributed by atoms with Gasteiger partial charge in [-0.2, -0.15) is 4.39 Å². The van der Waals surface area contributed by atoms with Crippen molar-refractivity contribution in [3.05, 3.63) is 59.1 Å². The summed E-state index contributed by atoms with van der Waals surface area (Å²) in [5.41, 5.74) is 0. The molecule has 0 amide bonds. The van der Waals surface area contributed by atoms with Gasteiger partial charge in [0, 0.05) is 0 Å². The maximum atomic E-state index is 13.3. The highest BCUT2D eigenvalue weighted by atomic mass is 35.5. The molecule has 1 nitrogen and oxygen atoms in total. The van der Waals surface area contributed by atoms with E-state index in [0.29, 0.717) is 5.02 Å². The molecule has 0 aliphatic carbocycles. The summed E-state index contributed by atoms with van der Waals surface area (Å²) in [4.78, 5) is 0. The lowest BCUT2D eigenvalue weighted by atomic mass is 10.3. The molecule has 0 spiro atoms. The van der Waals surface area contributed by atoms with E-state index in [0.717, 1.165) is 6.07 Å². The largest absolute Gasteiger partial charge is 0.453 e. The number of hydrogen-bond donors (Lipinski definition) is 0. The molecule has 82 valence electrons. The second-order valence-electron chi connectivity index (χ2n) is 3.08. The zero-order chi connectivity index (χ0) is 11.5. The lowest BCUT2D eigenvalue weighted by molar-refractivity contribution is 0.416. The van der Waals surface area contributed by atoms with Crippen molar-refractivity contribution in [3.63, 3.8) is 0 Å². The molecule has 0 aliphatic heterocycles. The maximum absolute atomic E-state index is 13.3. The monoisotopic (exact) mass is 240 g/mol. The number of para-hydroxylation sites is 1. The third-order valence-corrected chi connectivity index (χ3v) is 2.28. The number of hydrogen-bond acceptors (Lipinski definition) is 1. The van der Waals surface area contributed by atoms with Crippen molar-refractivity contribution in [2.45, 2.75) is 0 Å². The fourth-order valence-corrected chi connectivity index (χ4v) is 1.38. The quantitative estimate of drug-likeness (QED) is 0.756. The van der Waals surface area contributed by atoms with E-state index < -0.39 is 11.6 Å². The van der Waals surface area contributed by atoms with Crippen LogP contribution in [0, 0.1) is 11.6 Å². The molecule has 0 heterocycles. The van der Waals surface area contributed by atoms with Gasteiger partial charge in [0.1, 0.15) is 5.75 Å². The molecular formula is C12H7ClF2O. The van der Waals surface area contributed by atoms with Gasteiger partial charge in [-0.1, -0.05) is 29.8 Å². The molecule has 0 unspecified atom stereocenters. The minimum Gasteiger partial charge on any atom is -0.453 e. The van der Waals surface area contributed by atoms with E-state index in [4.69, 9.17) is 16.3 Å². The predicted molar refractivity (Wildman–Crippen MR) is 57.9 cm³/mol. The molecule has 0 saturated carbocycles. The molecule has 0 aliphatic rings. The Balaban J connectivity index is 2.35. The Morgan fingerprint density at radius 3 is 2.31 bits per heavy atom. The molecule has 0 aromatic heterocycles. The van der Waals surface area contributed by atoms with E-state index in [1.54, 1.807) is 24.3 Å². The zero-order valence-corrected chi connectivity index (χ0v) is 8.84. The van der Waals surface area contributed by atoms with Crippen LogP contribution >= 0.6 is 11.6 Å². The number of rotatable bonds is 2. The fourth-order valence-electron chi connectivity index (χ4n) is 1.21. The second kappa shape index (κ2) is 4.49. The molecule has 0 saturated heterocycles. The summed E-state index contributed by atoms with van der Waals surface area (Å²) in [6, 6.07) is 10.3. The lowest BCUT2D eigenvalue weighted by Gasteiger charge is -2.08. The lowest BCUT2D eigenvalue weighted by Crippen LogP contribution is -1.91. The molecular weight excluding hydrogens is 234 g/mol. The molecule has 2 aromatic rings. The van der Waals surface area contributed by atoms with Crippen LogP contribution in [0.15, 0.2) is 42.5 Å². The van der Waals surface area contributed by atoms with Gasteiger partial charge >= 0.3 is 0 Å². The first-order valence-corrected chi connectivity index (χ1v) is 4.92. The Hall–Kier alpha value is -1.61. The van der Waals surface area contributed by atoms with Gasteiger partial charge in [-0.05, 0) is 24.3 Å². The van der Waals surface area contributed by atoms with Crippen molar-refractivity contribution < 1.29 is 13.5 Å². The van der Waals surface area contributed by atoms with Crippen molar-refractivity contribution in [2.75, 3.05) is 0 Å². The van der Waals surface area contributed by atoms with Gasteiger partial charge in [0.15, 0.2) is 11.6 Å². The van der Waals surface area contributed by atoms with Crippen molar-refractivity contribution in [1.82, 2.24) is 0 Å². The van der Waals surface area contributed by atoms with Crippen LogP contribution < -0.4 is 4.74 Å². The van der Waals surface area contributed by atoms with Gasteiger partial charge in [-0.25, -0.2) is 4.39 Å². The van der Waals surface area contributed by atoms with Gasteiger partial charge in [0.2, 0.25) is 5.82 Å². The smallest absolute Gasteiger partial charge is 0.201 e. The number of benzene rings is 2. The Kier molecular flexibility index (Phi) is 3.06. The van der Waals surface area contributed by atoms with Crippen molar-refractivity contribution in [3.8, 4) is 11.5 Å². The summed E-state index contributed by atoms with van der Waals surface area (Å²) in [5.74, 6) is -1.88. The molecule has 0 fully saturated rings. The Labute approximate surface area is 96.2 Å². The summed E-state index contributed by atoms with van der Waals surface area (Å²) in [7, 11) is 0. The minimum absolute atomic E-state index is 0.187. The molecule has 4 heteroatoms. The standard InChI is InChI=1S/C12H7ClF2O/c13-8-4-1-2-6-10(8)16-11-7-3-5-9(14)12(11)15/h1-7H. The summed E-state index contributed by atoms with van der Waals surface area (Å²) in [5, 5.41) is 0.339. The van der Waals surface area contributed by atoms with Crippen LogP contribution in [0.4, 0.5) is 8.78 Å². The van der Waals surface area contributed by atoms with Gasteiger partial charge in [-0.3, -0.25) is 0 Å². The zero-order valence-electron chi connectivity index (χ0n) is 8.08. The van der Waals surface area contributed by atoms with E-state index in [-0.39, 0.29) is 11.5 Å². The molecule has 0 bridgehead atoms. The number of ether oxygens (including phenoxy) is 1. The van der Waals surface area contributed by atoms with Gasteiger partial charge in [0.05, 0.1) is 5.02 Å². The summed E-state index contributed by atoms with van der Waals surface area (Å²) < 4.78 is 31.3. The van der Waals surface area contributed by atoms with Crippen LogP contribution in [0.2, 0.25) is 5.02 Å². The van der Waals surface area contributed by atoms with Gasteiger partial charge in [-0.15, -0.1) is 0 Å². The summed E-state index contributed by atoms with van der Waals surface area (Å²) in [6.45, 7) is 0. The first-order valence-electron chi connectivity index (χ1n) is 4.55. The Morgan fingerprint density at radius 2 is 1.56 bits per heavy atom. The van der Waals surface area contributed by atoms with Crippen LogP contribution in [0.5, 0.6) is 11.5 Å². The summed E-state index contributed by atoms with van der Waals surface area (Å²) >= 11 is 5.83.